The number of phenolic OH excluding ortho intramolecular Hbond substituents is 1. The van der Waals surface area contributed by atoms with E-state index in [0.717, 1.165) is 11.1 Å². The first-order chi connectivity index (χ1) is 13.0. The van der Waals surface area contributed by atoms with Gasteiger partial charge in [0, 0.05) is 18.5 Å². The van der Waals surface area contributed by atoms with Gasteiger partial charge in [-0.2, -0.15) is 0 Å². The van der Waals surface area contributed by atoms with E-state index in [1.807, 2.05) is 50.2 Å². The summed E-state index contributed by atoms with van der Waals surface area (Å²) in [6, 6.07) is 14.8. The Morgan fingerprint density at radius 2 is 1.44 bits per heavy atom. The zero-order valence-electron chi connectivity index (χ0n) is 16.6. The highest BCUT2D eigenvalue weighted by molar-refractivity contribution is 5.70. The molecular formula is C22H29NO4. The molecule has 1 saturated heterocycles. The number of hydrogen-bond acceptors (Lipinski definition) is 4. The summed E-state index contributed by atoms with van der Waals surface area (Å²) < 4.78 is 10.7. The fourth-order valence-corrected chi connectivity index (χ4v) is 2.90. The van der Waals surface area contributed by atoms with Crippen LogP contribution in [0.15, 0.2) is 48.5 Å². The molecule has 0 saturated carbocycles. The lowest BCUT2D eigenvalue weighted by molar-refractivity contribution is 0.0416. The van der Waals surface area contributed by atoms with E-state index < -0.39 is 0 Å². The van der Waals surface area contributed by atoms with Gasteiger partial charge in [0.2, 0.25) is 0 Å². The monoisotopic (exact) mass is 371 g/mol. The van der Waals surface area contributed by atoms with Crippen molar-refractivity contribution < 1.29 is 19.4 Å². The molecule has 1 aliphatic rings. The molecule has 0 atom stereocenters. The molecule has 0 spiro atoms. The molecule has 0 aromatic heterocycles. The van der Waals surface area contributed by atoms with Crippen LogP contribution in [-0.4, -0.2) is 42.4 Å². The third kappa shape index (κ3) is 5.23. The summed E-state index contributed by atoms with van der Waals surface area (Å²) in [5.41, 5.74) is 1.98. The maximum atomic E-state index is 12.1. The number of nitrogens with zero attached hydrogens (tertiary/aromatic N) is 1. The van der Waals surface area contributed by atoms with E-state index >= 15 is 0 Å². The Hall–Kier alpha value is -2.53. The largest absolute Gasteiger partial charge is 0.508 e. The number of morpholine rings is 1. The molecule has 0 aliphatic carbocycles. The van der Waals surface area contributed by atoms with E-state index in [4.69, 9.17) is 9.47 Å². The van der Waals surface area contributed by atoms with E-state index in [-0.39, 0.29) is 17.3 Å². The van der Waals surface area contributed by atoms with Crippen molar-refractivity contribution >= 4 is 6.09 Å². The predicted octanol–water partition coefficient (Wildman–Crippen LogP) is 4.58. The van der Waals surface area contributed by atoms with Crippen molar-refractivity contribution in [3.8, 4) is 11.5 Å². The predicted molar refractivity (Wildman–Crippen MR) is 106 cm³/mol. The van der Waals surface area contributed by atoms with E-state index in [1.54, 1.807) is 17.0 Å². The Bertz CT molecular complexity index is 717. The van der Waals surface area contributed by atoms with Gasteiger partial charge in [-0.15, -0.1) is 0 Å². The molecular weight excluding hydrogens is 342 g/mol. The average molecular weight is 371 g/mol. The van der Waals surface area contributed by atoms with Crippen LogP contribution >= 0.6 is 0 Å². The summed E-state index contributed by atoms with van der Waals surface area (Å²) >= 11 is 0. The van der Waals surface area contributed by atoms with Gasteiger partial charge in [-0.1, -0.05) is 52.0 Å². The topological polar surface area (TPSA) is 59.0 Å². The van der Waals surface area contributed by atoms with Gasteiger partial charge < -0.3 is 19.5 Å². The SMILES string of the molecule is CC.CC(C)(c1ccc(O)cc1)c1ccc(OC(=O)N2CCOCC2)cc1. The minimum atomic E-state index is -0.339. The van der Waals surface area contributed by atoms with Gasteiger partial charge in [-0.25, -0.2) is 4.79 Å². The van der Waals surface area contributed by atoms with Crippen LogP contribution in [0.3, 0.4) is 0 Å². The van der Waals surface area contributed by atoms with E-state index in [9.17, 15) is 9.90 Å². The quantitative estimate of drug-likeness (QED) is 0.858. The van der Waals surface area contributed by atoms with Crippen molar-refractivity contribution in [2.45, 2.75) is 33.1 Å². The molecule has 3 rings (SSSR count). The van der Waals surface area contributed by atoms with Crippen LogP contribution in [0.4, 0.5) is 4.79 Å². The second-order valence-corrected chi connectivity index (χ2v) is 6.66. The number of rotatable bonds is 3. The molecule has 0 bridgehead atoms. The fourth-order valence-electron chi connectivity index (χ4n) is 2.90. The number of phenols is 1. The number of benzene rings is 2. The van der Waals surface area contributed by atoms with Crippen LogP contribution in [0.25, 0.3) is 0 Å². The number of aromatic hydroxyl groups is 1. The van der Waals surface area contributed by atoms with Crippen molar-refractivity contribution in [1.29, 1.82) is 0 Å². The highest BCUT2D eigenvalue weighted by Gasteiger charge is 2.24. The van der Waals surface area contributed by atoms with Crippen LogP contribution < -0.4 is 4.74 Å². The lowest BCUT2D eigenvalue weighted by Crippen LogP contribution is -2.42. The summed E-state index contributed by atoms with van der Waals surface area (Å²) in [6.45, 7) is 10.5. The normalized spacial score (nSPS) is 14.1. The number of ether oxygens (including phenoxy) is 2. The van der Waals surface area contributed by atoms with E-state index in [1.165, 1.54) is 0 Å². The standard InChI is InChI=1S/C20H23NO4.C2H6/c1-20(2,15-3-7-17(22)8-4-15)16-5-9-18(10-6-16)25-19(23)21-11-13-24-14-12-21;1-2/h3-10,22H,11-14H2,1-2H3;1-2H3. The molecule has 0 unspecified atom stereocenters. The zero-order chi connectivity index (χ0) is 19.9. The Labute approximate surface area is 161 Å². The molecule has 5 heteroatoms. The Kier molecular flexibility index (Phi) is 7.25. The van der Waals surface area contributed by atoms with Crippen LogP contribution in [0.1, 0.15) is 38.8 Å². The Balaban J connectivity index is 0.00000126. The molecule has 1 heterocycles. The smallest absolute Gasteiger partial charge is 0.415 e. The van der Waals surface area contributed by atoms with E-state index in [2.05, 4.69) is 13.8 Å². The number of carbonyl (C=O) groups excluding carboxylic acids is 1. The summed E-state index contributed by atoms with van der Waals surface area (Å²) in [5.74, 6) is 0.784. The van der Waals surface area contributed by atoms with Crippen LogP contribution in [0, 0.1) is 0 Å². The minimum absolute atomic E-state index is 0.222. The molecule has 1 fully saturated rings. The molecule has 0 radical (unpaired) electrons. The third-order valence-electron chi connectivity index (χ3n) is 4.64. The Morgan fingerprint density at radius 1 is 0.963 bits per heavy atom. The number of amides is 1. The van der Waals surface area contributed by atoms with Crippen molar-refractivity contribution in [2.75, 3.05) is 26.3 Å². The van der Waals surface area contributed by atoms with Crippen LogP contribution in [0.5, 0.6) is 11.5 Å². The molecule has 1 N–H and O–H groups in total. The first-order valence-corrected chi connectivity index (χ1v) is 9.41. The first kappa shape index (κ1) is 20.8. The van der Waals surface area contributed by atoms with Gasteiger partial charge >= 0.3 is 6.09 Å². The van der Waals surface area contributed by atoms with Crippen LogP contribution in [0.2, 0.25) is 0 Å². The first-order valence-electron chi connectivity index (χ1n) is 9.41. The Morgan fingerprint density at radius 3 is 1.96 bits per heavy atom. The summed E-state index contributed by atoms with van der Waals surface area (Å²) in [7, 11) is 0. The molecule has 5 nitrogen and oxygen atoms in total. The maximum absolute atomic E-state index is 12.1. The molecule has 2 aromatic carbocycles. The summed E-state index contributed by atoms with van der Waals surface area (Å²) in [6.07, 6.45) is -0.339. The van der Waals surface area contributed by atoms with Gasteiger partial charge in [0.25, 0.3) is 0 Å². The fraction of sp³-hybridized carbons (Fsp3) is 0.409. The molecule has 2 aromatic rings. The lowest BCUT2D eigenvalue weighted by atomic mass is 9.78. The van der Waals surface area contributed by atoms with Gasteiger partial charge in [0.05, 0.1) is 13.2 Å². The van der Waals surface area contributed by atoms with Crippen molar-refractivity contribution in [3.05, 3.63) is 59.7 Å². The van der Waals surface area contributed by atoms with Gasteiger partial charge in [-0.05, 0) is 35.4 Å². The lowest BCUT2D eigenvalue weighted by Gasteiger charge is -2.27. The molecule has 146 valence electrons. The number of carbonyl (C=O) groups is 1. The van der Waals surface area contributed by atoms with Crippen molar-refractivity contribution in [3.63, 3.8) is 0 Å². The molecule has 1 amide bonds. The summed E-state index contributed by atoms with van der Waals surface area (Å²) in [4.78, 5) is 13.8. The molecule has 27 heavy (non-hydrogen) atoms. The maximum Gasteiger partial charge on any atom is 0.415 e. The second kappa shape index (κ2) is 9.42. The van der Waals surface area contributed by atoms with E-state index in [0.29, 0.717) is 32.1 Å². The van der Waals surface area contributed by atoms with Crippen molar-refractivity contribution in [1.82, 2.24) is 4.90 Å². The minimum Gasteiger partial charge on any atom is -0.508 e. The summed E-state index contributed by atoms with van der Waals surface area (Å²) in [5, 5.41) is 9.46. The third-order valence-corrected chi connectivity index (χ3v) is 4.64. The van der Waals surface area contributed by atoms with Gasteiger partial charge in [0.15, 0.2) is 0 Å². The van der Waals surface area contributed by atoms with Crippen molar-refractivity contribution in [2.24, 2.45) is 0 Å². The highest BCUT2D eigenvalue weighted by atomic mass is 16.6. The zero-order valence-corrected chi connectivity index (χ0v) is 16.6. The average Bonchev–Trinajstić information content (AvgIpc) is 2.71. The second-order valence-electron chi connectivity index (χ2n) is 6.66. The number of hydrogen-bond donors (Lipinski definition) is 1. The highest BCUT2D eigenvalue weighted by Crippen LogP contribution is 2.33. The molecule has 1 aliphatic heterocycles. The van der Waals surface area contributed by atoms with Crippen LogP contribution in [-0.2, 0) is 10.2 Å². The van der Waals surface area contributed by atoms with Gasteiger partial charge in [0.1, 0.15) is 11.5 Å². The van der Waals surface area contributed by atoms with Gasteiger partial charge in [-0.3, -0.25) is 0 Å².